The van der Waals surface area contributed by atoms with Crippen LogP contribution in [0.25, 0.3) is 22.8 Å². The maximum atomic E-state index is 6.05. The van der Waals surface area contributed by atoms with E-state index in [1.165, 1.54) is 0 Å². The fraction of sp³-hybridized carbons (Fsp3) is 0.211. The van der Waals surface area contributed by atoms with Crippen LogP contribution < -0.4 is 4.90 Å². The molecule has 0 N–H and O–H groups in total. The van der Waals surface area contributed by atoms with Gasteiger partial charge in [-0.15, -0.1) is 10.2 Å². The lowest BCUT2D eigenvalue weighted by molar-refractivity contribution is 0.357. The molecule has 0 amide bonds. The number of benzene rings is 1. The summed E-state index contributed by atoms with van der Waals surface area (Å²) >= 11 is 6.05. The Morgan fingerprint density at radius 1 is 1.11 bits per heavy atom. The van der Waals surface area contributed by atoms with Crippen LogP contribution in [-0.4, -0.2) is 36.9 Å². The van der Waals surface area contributed by atoms with Gasteiger partial charge in [-0.05, 0) is 31.2 Å². The maximum absolute atomic E-state index is 6.05. The van der Waals surface area contributed by atoms with Crippen molar-refractivity contribution in [2.45, 2.75) is 13.0 Å². The smallest absolute Gasteiger partial charge is 0.249 e. The van der Waals surface area contributed by atoms with Crippen molar-refractivity contribution in [2.75, 3.05) is 11.9 Å². The summed E-state index contributed by atoms with van der Waals surface area (Å²) in [5.41, 5.74) is 1.74. The van der Waals surface area contributed by atoms with Crippen molar-refractivity contribution in [3.05, 3.63) is 59.7 Å². The average molecular weight is 396 g/mol. The first-order chi connectivity index (χ1) is 13.5. The Morgan fingerprint density at radius 2 is 1.89 bits per heavy atom. The molecule has 4 aromatic rings. The minimum atomic E-state index is -0.200. The quantitative estimate of drug-likeness (QED) is 0.508. The topological polar surface area (TPSA) is 85.8 Å². The fourth-order valence-corrected chi connectivity index (χ4v) is 3.06. The van der Waals surface area contributed by atoms with E-state index < -0.39 is 0 Å². The Labute approximate surface area is 166 Å². The monoisotopic (exact) mass is 395 g/mol. The van der Waals surface area contributed by atoms with E-state index in [9.17, 15) is 0 Å². The van der Waals surface area contributed by atoms with Crippen LogP contribution in [0.4, 0.5) is 5.95 Å². The molecule has 0 saturated heterocycles. The van der Waals surface area contributed by atoms with Gasteiger partial charge in [0.15, 0.2) is 5.82 Å². The Hall–Kier alpha value is -3.26. The molecule has 0 fully saturated rings. The molecule has 0 bridgehead atoms. The molecule has 0 unspecified atom stereocenters. The largest absolute Gasteiger partial charge is 0.337 e. The SMILES string of the molecule is C[C@@H](c1nc(-c2cccc(Cl)c2)no1)N(C)c1nnc(-c2ccncc2)n1C. The van der Waals surface area contributed by atoms with Crippen LogP contribution >= 0.6 is 11.6 Å². The van der Waals surface area contributed by atoms with Crippen LogP contribution in [0.3, 0.4) is 0 Å². The van der Waals surface area contributed by atoms with Gasteiger partial charge in [0.25, 0.3) is 0 Å². The van der Waals surface area contributed by atoms with E-state index in [1.54, 1.807) is 24.5 Å². The molecule has 0 aliphatic carbocycles. The zero-order valence-electron chi connectivity index (χ0n) is 15.6. The van der Waals surface area contributed by atoms with Crippen molar-refractivity contribution in [1.29, 1.82) is 0 Å². The predicted octanol–water partition coefficient (Wildman–Crippen LogP) is 3.78. The molecule has 28 heavy (non-hydrogen) atoms. The Balaban J connectivity index is 1.59. The second kappa shape index (κ2) is 7.40. The van der Waals surface area contributed by atoms with Crippen molar-refractivity contribution >= 4 is 17.5 Å². The van der Waals surface area contributed by atoms with Crippen LogP contribution in [0.15, 0.2) is 53.3 Å². The zero-order valence-corrected chi connectivity index (χ0v) is 16.4. The average Bonchev–Trinajstić information content (AvgIpc) is 3.35. The second-order valence-corrected chi connectivity index (χ2v) is 6.81. The maximum Gasteiger partial charge on any atom is 0.249 e. The van der Waals surface area contributed by atoms with E-state index in [1.807, 2.05) is 54.8 Å². The third-order valence-electron chi connectivity index (χ3n) is 4.57. The van der Waals surface area contributed by atoms with Crippen molar-refractivity contribution in [3.8, 4) is 22.8 Å². The van der Waals surface area contributed by atoms with Crippen LogP contribution in [0.5, 0.6) is 0 Å². The lowest BCUT2D eigenvalue weighted by Gasteiger charge is -2.22. The van der Waals surface area contributed by atoms with Crippen LogP contribution in [-0.2, 0) is 7.05 Å². The van der Waals surface area contributed by atoms with Crippen molar-refractivity contribution in [3.63, 3.8) is 0 Å². The molecule has 0 radical (unpaired) electrons. The molecule has 4 rings (SSSR count). The van der Waals surface area contributed by atoms with Gasteiger partial charge in [-0.25, -0.2) is 0 Å². The van der Waals surface area contributed by atoms with E-state index in [0.717, 1.165) is 17.0 Å². The number of aromatic nitrogens is 6. The summed E-state index contributed by atoms with van der Waals surface area (Å²) in [4.78, 5) is 10.5. The second-order valence-electron chi connectivity index (χ2n) is 6.37. The van der Waals surface area contributed by atoms with Crippen LogP contribution in [0.1, 0.15) is 18.9 Å². The van der Waals surface area contributed by atoms with Gasteiger partial charge in [0.2, 0.25) is 17.7 Å². The molecule has 0 spiro atoms. The third-order valence-corrected chi connectivity index (χ3v) is 4.80. The molecule has 142 valence electrons. The molecule has 9 heteroatoms. The minimum absolute atomic E-state index is 0.200. The molecular weight excluding hydrogens is 378 g/mol. The molecule has 1 aromatic carbocycles. The number of nitrogens with zero attached hydrogens (tertiary/aromatic N) is 7. The van der Waals surface area contributed by atoms with Gasteiger partial charge in [0, 0.05) is 42.6 Å². The highest BCUT2D eigenvalue weighted by Gasteiger charge is 2.24. The predicted molar refractivity (Wildman–Crippen MR) is 106 cm³/mol. The molecular formula is C19H18ClN7O. The van der Waals surface area contributed by atoms with Gasteiger partial charge < -0.3 is 9.42 Å². The Bertz CT molecular complexity index is 1090. The Morgan fingerprint density at radius 3 is 2.64 bits per heavy atom. The summed E-state index contributed by atoms with van der Waals surface area (Å²) in [5.74, 6) is 2.41. The van der Waals surface area contributed by atoms with Gasteiger partial charge in [-0.3, -0.25) is 9.55 Å². The van der Waals surface area contributed by atoms with E-state index in [-0.39, 0.29) is 6.04 Å². The number of hydrogen-bond donors (Lipinski definition) is 0. The van der Waals surface area contributed by atoms with E-state index in [2.05, 4.69) is 25.3 Å². The van der Waals surface area contributed by atoms with Gasteiger partial charge >= 0.3 is 0 Å². The standard InChI is InChI=1S/C19H18ClN7O/c1-12(18-22-16(25-28-18)14-5-4-6-15(20)11-14)26(2)19-24-23-17(27(19)3)13-7-9-21-10-8-13/h4-12H,1-3H3/t12-/m0/s1. The van der Waals surface area contributed by atoms with Gasteiger partial charge in [0.1, 0.15) is 6.04 Å². The summed E-state index contributed by atoms with van der Waals surface area (Å²) in [5, 5.41) is 13.3. The van der Waals surface area contributed by atoms with E-state index in [4.69, 9.17) is 16.1 Å². The van der Waals surface area contributed by atoms with Crippen molar-refractivity contribution in [1.82, 2.24) is 29.9 Å². The fourth-order valence-electron chi connectivity index (χ4n) is 2.87. The molecule has 8 nitrogen and oxygen atoms in total. The van der Waals surface area contributed by atoms with Gasteiger partial charge in [0.05, 0.1) is 0 Å². The summed E-state index contributed by atoms with van der Waals surface area (Å²) in [6.07, 6.45) is 3.46. The van der Waals surface area contributed by atoms with Crippen LogP contribution in [0.2, 0.25) is 5.02 Å². The summed E-state index contributed by atoms with van der Waals surface area (Å²) in [6, 6.07) is 10.9. The lowest BCUT2D eigenvalue weighted by Crippen LogP contribution is -2.25. The highest BCUT2D eigenvalue weighted by atomic mass is 35.5. The van der Waals surface area contributed by atoms with Gasteiger partial charge in [-0.1, -0.05) is 28.9 Å². The number of pyridine rings is 1. The van der Waals surface area contributed by atoms with Gasteiger partial charge in [-0.2, -0.15) is 4.98 Å². The summed E-state index contributed by atoms with van der Waals surface area (Å²) in [6.45, 7) is 1.97. The van der Waals surface area contributed by atoms with E-state index in [0.29, 0.717) is 22.7 Å². The van der Waals surface area contributed by atoms with Crippen LogP contribution in [0, 0.1) is 0 Å². The highest BCUT2D eigenvalue weighted by molar-refractivity contribution is 6.30. The molecule has 3 aromatic heterocycles. The van der Waals surface area contributed by atoms with Crippen molar-refractivity contribution in [2.24, 2.45) is 7.05 Å². The minimum Gasteiger partial charge on any atom is -0.337 e. The molecule has 0 aliphatic heterocycles. The normalized spacial score (nSPS) is 12.1. The molecule has 0 saturated carbocycles. The molecule has 3 heterocycles. The third kappa shape index (κ3) is 3.34. The summed E-state index contributed by atoms with van der Waals surface area (Å²) in [7, 11) is 3.83. The van der Waals surface area contributed by atoms with Crippen molar-refractivity contribution < 1.29 is 4.52 Å². The Kier molecular flexibility index (Phi) is 4.79. The number of anilines is 1. The van der Waals surface area contributed by atoms with E-state index >= 15 is 0 Å². The first-order valence-corrected chi connectivity index (χ1v) is 9.04. The number of hydrogen-bond acceptors (Lipinski definition) is 7. The lowest BCUT2D eigenvalue weighted by atomic mass is 10.2. The highest BCUT2D eigenvalue weighted by Crippen LogP contribution is 2.27. The first kappa shape index (κ1) is 18.1. The number of halogens is 1. The first-order valence-electron chi connectivity index (χ1n) is 8.66. The number of rotatable bonds is 5. The summed E-state index contributed by atoms with van der Waals surface area (Å²) < 4.78 is 7.40. The zero-order chi connectivity index (χ0) is 19.7. The molecule has 0 aliphatic rings. The molecule has 1 atom stereocenters.